The van der Waals surface area contributed by atoms with Crippen LogP contribution >= 0.6 is 0 Å². The number of hydrogen-bond donors (Lipinski definition) is 1. The van der Waals surface area contributed by atoms with Crippen molar-refractivity contribution >= 4 is 5.91 Å². The highest BCUT2D eigenvalue weighted by Crippen LogP contribution is 2.48. The molecule has 4 heteroatoms. The Morgan fingerprint density at radius 3 is 3.00 bits per heavy atom. The number of nitrogens with zero attached hydrogens (tertiary/aromatic N) is 2. The number of nitrogens with one attached hydrogen (secondary N) is 1. The molecule has 0 radical (unpaired) electrons. The van der Waals surface area contributed by atoms with Gasteiger partial charge in [0.25, 0.3) is 0 Å². The van der Waals surface area contributed by atoms with Gasteiger partial charge in [0, 0.05) is 31.4 Å². The zero-order valence-corrected chi connectivity index (χ0v) is 10.7. The smallest absolute Gasteiger partial charge is 0.223 e. The molecule has 0 spiro atoms. The highest BCUT2D eigenvalue weighted by molar-refractivity contribution is 5.79. The Labute approximate surface area is 108 Å². The van der Waals surface area contributed by atoms with Crippen molar-refractivity contribution in [1.82, 2.24) is 14.9 Å². The SMILES string of the molecule is O=C(NCCCn1ccnc1)[C@H]1C[C@@H]2CC[C@@H]1C2. The molecular weight excluding hydrogens is 226 g/mol. The highest BCUT2D eigenvalue weighted by atomic mass is 16.1. The van der Waals surface area contributed by atoms with Crippen molar-refractivity contribution in [3.05, 3.63) is 18.7 Å². The van der Waals surface area contributed by atoms with Crippen LogP contribution in [0.5, 0.6) is 0 Å². The maximum absolute atomic E-state index is 12.1. The van der Waals surface area contributed by atoms with Gasteiger partial charge in [-0.15, -0.1) is 0 Å². The van der Waals surface area contributed by atoms with Gasteiger partial charge in [-0.3, -0.25) is 4.79 Å². The van der Waals surface area contributed by atoms with E-state index in [1.807, 2.05) is 17.1 Å². The van der Waals surface area contributed by atoms with Crippen molar-refractivity contribution < 1.29 is 4.79 Å². The Hall–Kier alpha value is -1.32. The summed E-state index contributed by atoms with van der Waals surface area (Å²) >= 11 is 0. The summed E-state index contributed by atoms with van der Waals surface area (Å²) in [5.74, 6) is 2.14. The first kappa shape index (κ1) is 11.8. The number of aryl methyl sites for hydroxylation is 1. The highest BCUT2D eigenvalue weighted by Gasteiger charge is 2.42. The van der Waals surface area contributed by atoms with E-state index in [4.69, 9.17) is 0 Å². The van der Waals surface area contributed by atoms with Crippen molar-refractivity contribution in [2.45, 2.75) is 38.6 Å². The number of rotatable bonds is 5. The minimum Gasteiger partial charge on any atom is -0.356 e. The monoisotopic (exact) mass is 247 g/mol. The number of fused-ring (bicyclic) bond motifs is 2. The maximum Gasteiger partial charge on any atom is 0.223 e. The molecule has 0 saturated heterocycles. The molecule has 0 unspecified atom stereocenters. The van der Waals surface area contributed by atoms with Crippen molar-refractivity contribution in [3.63, 3.8) is 0 Å². The molecule has 1 heterocycles. The third-order valence-corrected chi connectivity index (χ3v) is 4.53. The summed E-state index contributed by atoms with van der Waals surface area (Å²) in [6, 6.07) is 0. The minimum atomic E-state index is 0.299. The quantitative estimate of drug-likeness (QED) is 0.807. The number of carbonyl (C=O) groups excluding carboxylic acids is 1. The number of imidazole rings is 1. The van der Waals surface area contributed by atoms with Crippen LogP contribution in [-0.4, -0.2) is 22.0 Å². The average Bonchev–Trinajstić information content (AvgIpc) is 3.10. The van der Waals surface area contributed by atoms with Crippen LogP contribution in [0.2, 0.25) is 0 Å². The molecule has 3 atom stereocenters. The van der Waals surface area contributed by atoms with E-state index in [1.165, 1.54) is 19.3 Å². The fourth-order valence-electron chi connectivity index (χ4n) is 3.59. The van der Waals surface area contributed by atoms with Gasteiger partial charge in [-0.2, -0.15) is 0 Å². The third kappa shape index (κ3) is 2.42. The lowest BCUT2D eigenvalue weighted by Crippen LogP contribution is -2.34. The molecule has 18 heavy (non-hydrogen) atoms. The van der Waals surface area contributed by atoms with Crippen molar-refractivity contribution in [2.24, 2.45) is 17.8 Å². The first-order valence-electron chi connectivity index (χ1n) is 7.06. The van der Waals surface area contributed by atoms with E-state index in [2.05, 4.69) is 10.3 Å². The Bertz CT molecular complexity index is 401. The van der Waals surface area contributed by atoms with Gasteiger partial charge >= 0.3 is 0 Å². The van der Waals surface area contributed by atoms with Gasteiger partial charge in [-0.1, -0.05) is 6.42 Å². The molecule has 1 aromatic heterocycles. The van der Waals surface area contributed by atoms with E-state index >= 15 is 0 Å². The Balaban J connectivity index is 1.37. The van der Waals surface area contributed by atoms with Crippen LogP contribution in [0, 0.1) is 17.8 Å². The van der Waals surface area contributed by atoms with Crippen LogP contribution in [0.1, 0.15) is 32.1 Å². The number of hydrogen-bond acceptors (Lipinski definition) is 2. The lowest BCUT2D eigenvalue weighted by atomic mass is 9.88. The van der Waals surface area contributed by atoms with Crippen molar-refractivity contribution in [2.75, 3.05) is 6.54 Å². The molecule has 98 valence electrons. The van der Waals surface area contributed by atoms with E-state index in [-0.39, 0.29) is 0 Å². The van der Waals surface area contributed by atoms with Gasteiger partial charge in [-0.05, 0) is 37.5 Å². The zero-order chi connectivity index (χ0) is 12.4. The standard InChI is InChI=1S/C14H21N3O/c18-14(13-9-11-2-3-12(13)8-11)16-4-1-6-17-7-5-15-10-17/h5,7,10-13H,1-4,6,8-9H2,(H,16,18)/t11-,12-,13+/m1/s1. The Morgan fingerprint density at radius 1 is 1.39 bits per heavy atom. The largest absolute Gasteiger partial charge is 0.356 e. The summed E-state index contributed by atoms with van der Waals surface area (Å²) in [5.41, 5.74) is 0. The molecule has 0 aliphatic heterocycles. The second-order valence-electron chi connectivity index (χ2n) is 5.73. The predicted octanol–water partition coefficient (Wildman–Crippen LogP) is 1.83. The molecular formula is C14H21N3O. The summed E-state index contributed by atoms with van der Waals surface area (Å²) in [6.45, 7) is 1.71. The number of aromatic nitrogens is 2. The Kier molecular flexibility index (Phi) is 3.35. The lowest BCUT2D eigenvalue weighted by molar-refractivity contribution is -0.126. The molecule has 1 aromatic rings. The molecule has 2 aliphatic rings. The fraction of sp³-hybridized carbons (Fsp3) is 0.714. The van der Waals surface area contributed by atoms with Crippen LogP contribution in [-0.2, 0) is 11.3 Å². The van der Waals surface area contributed by atoms with Crippen LogP contribution in [0.4, 0.5) is 0 Å². The average molecular weight is 247 g/mol. The molecule has 1 N–H and O–H groups in total. The molecule has 0 aromatic carbocycles. The molecule has 1 amide bonds. The summed E-state index contributed by atoms with van der Waals surface area (Å²) in [6.07, 6.45) is 11.6. The second-order valence-corrected chi connectivity index (χ2v) is 5.73. The predicted molar refractivity (Wildman–Crippen MR) is 68.8 cm³/mol. The van der Waals surface area contributed by atoms with E-state index < -0.39 is 0 Å². The van der Waals surface area contributed by atoms with E-state index in [9.17, 15) is 4.79 Å². The molecule has 2 aliphatic carbocycles. The molecule has 3 rings (SSSR count). The summed E-state index contributed by atoms with van der Waals surface area (Å²) in [7, 11) is 0. The number of amides is 1. The van der Waals surface area contributed by atoms with Crippen molar-refractivity contribution in [3.8, 4) is 0 Å². The summed E-state index contributed by atoms with van der Waals surface area (Å²) in [5, 5.41) is 3.10. The summed E-state index contributed by atoms with van der Waals surface area (Å²) < 4.78 is 2.05. The van der Waals surface area contributed by atoms with Crippen LogP contribution in [0.15, 0.2) is 18.7 Å². The fourth-order valence-corrected chi connectivity index (χ4v) is 3.59. The maximum atomic E-state index is 12.1. The van der Waals surface area contributed by atoms with Crippen LogP contribution in [0.25, 0.3) is 0 Å². The van der Waals surface area contributed by atoms with E-state index in [0.29, 0.717) is 17.7 Å². The van der Waals surface area contributed by atoms with Gasteiger partial charge < -0.3 is 9.88 Å². The normalized spacial score (nSPS) is 29.7. The lowest BCUT2D eigenvalue weighted by Gasteiger charge is -2.20. The molecule has 4 nitrogen and oxygen atoms in total. The molecule has 2 bridgehead atoms. The Morgan fingerprint density at radius 2 is 2.33 bits per heavy atom. The summed E-state index contributed by atoms with van der Waals surface area (Å²) in [4.78, 5) is 16.1. The van der Waals surface area contributed by atoms with Crippen molar-refractivity contribution in [1.29, 1.82) is 0 Å². The topological polar surface area (TPSA) is 46.9 Å². The second kappa shape index (κ2) is 5.12. The molecule has 2 saturated carbocycles. The first-order chi connectivity index (χ1) is 8.83. The van der Waals surface area contributed by atoms with Gasteiger partial charge in [0.15, 0.2) is 0 Å². The van der Waals surface area contributed by atoms with Gasteiger partial charge in [0.1, 0.15) is 0 Å². The first-order valence-corrected chi connectivity index (χ1v) is 7.06. The third-order valence-electron chi connectivity index (χ3n) is 4.53. The van der Waals surface area contributed by atoms with E-state index in [1.54, 1.807) is 6.20 Å². The van der Waals surface area contributed by atoms with E-state index in [0.717, 1.165) is 31.8 Å². The number of carbonyl (C=O) groups is 1. The van der Waals surface area contributed by atoms with Gasteiger partial charge in [0.2, 0.25) is 5.91 Å². The molecule has 2 fully saturated rings. The van der Waals surface area contributed by atoms with Gasteiger partial charge in [-0.25, -0.2) is 4.98 Å². The van der Waals surface area contributed by atoms with Gasteiger partial charge in [0.05, 0.1) is 6.33 Å². The minimum absolute atomic E-state index is 0.299. The van der Waals surface area contributed by atoms with Crippen LogP contribution < -0.4 is 5.32 Å². The zero-order valence-electron chi connectivity index (χ0n) is 10.7. The van der Waals surface area contributed by atoms with Crippen LogP contribution in [0.3, 0.4) is 0 Å².